The van der Waals surface area contributed by atoms with E-state index in [1.807, 2.05) is 11.0 Å². The monoisotopic (exact) mass is 527 g/mol. The van der Waals surface area contributed by atoms with Gasteiger partial charge in [-0.05, 0) is 69.5 Å². The Labute approximate surface area is 217 Å². The van der Waals surface area contributed by atoms with E-state index in [4.69, 9.17) is 10.5 Å². The number of hydrogen-bond acceptors (Lipinski definition) is 6. The van der Waals surface area contributed by atoms with Gasteiger partial charge in [-0.1, -0.05) is 0 Å². The van der Waals surface area contributed by atoms with Gasteiger partial charge in [-0.3, -0.25) is 9.69 Å². The average molecular weight is 528 g/mol. The van der Waals surface area contributed by atoms with Crippen molar-refractivity contribution in [3.63, 3.8) is 0 Å². The van der Waals surface area contributed by atoms with E-state index in [0.29, 0.717) is 30.5 Å². The van der Waals surface area contributed by atoms with E-state index < -0.39 is 11.7 Å². The Morgan fingerprint density at radius 3 is 2.68 bits per heavy atom. The van der Waals surface area contributed by atoms with Gasteiger partial charge in [0.2, 0.25) is 0 Å². The van der Waals surface area contributed by atoms with Gasteiger partial charge in [0.25, 0.3) is 5.91 Å². The summed E-state index contributed by atoms with van der Waals surface area (Å²) in [6.07, 6.45) is -0.879. The Morgan fingerprint density at radius 2 is 2.03 bits per heavy atom. The number of rotatable bonds is 7. The number of ether oxygens (including phenoxy) is 1. The van der Waals surface area contributed by atoms with Crippen molar-refractivity contribution in [2.24, 2.45) is 23.7 Å². The third kappa shape index (κ3) is 6.28. The van der Waals surface area contributed by atoms with E-state index >= 15 is 0 Å². The van der Waals surface area contributed by atoms with Gasteiger partial charge in [-0.25, -0.2) is 9.97 Å². The zero-order chi connectivity index (χ0) is 27.4. The van der Waals surface area contributed by atoms with Crippen molar-refractivity contribution in [1.29, 1.82) is 5.26 Å². The van der Waals surface area contributed by atoms with E-state index in [-0.39, 0.29) is 53.5 Å². The van der Waals surface area contributed by atoms with Crippen LogP contribution in [0.4, 0.5) is 13.2 Å². The Hall–Kier alpha value is -3.98. The zero-order valence-electron chi connectivity index (χ0n) is 21.1. The molecule has 0 unspecified atom stereocenters. The molecule has 9 nitrogen and oxygen atoms in total. The maximum Gasteiger partial charge on any atom is 0.419 e. The van der Waals surface area contributed by atoms with Gasteiger partial charge in [0.1, 0.15) is 17.3 Å². The number of aromatic nitrogens is 3. The fraction of sp³-hybridized carbons (Fsp3) is 0.423. The van der Waals surface area contributed by atoms with Gasteiger partial charge in [-0.2, -0.15) is 23.4 Å². The Kier molecular flexibility index (Phi) is 7.97. The smallest absolute Gasteiger partial charge is 0.419 e. The predicted octanol–water partition coefficient (Wildman–Crippen LogP) is 3.91. The number of carbonyl (C=O) groups is 1. The normalized spacial score (nSPS) is 15.5. The molecule has 1 fully saturated rings. The van der Waals surface area contributed by atoms with Gasteiger partial charge in [-0.15, -0.1) is 0 Å². The third-order valence-corrected chi connectivity index (χ3v) is 6.55. The largest absolute Gasteiger partial charge is 0.493 e. The number of fused-ring (bicyclic) bond motifs is 1. The van der Waals surface area contributed by atoms with Crippen molar-refractivity contribution in [2.45, 2.75) is 32.4 Å². The molecule has 1 aliphatic rings. The lowest BCUT2D eigenvalue weighted by Crippen LogP contribution is -2.37. The minimum absolute atomic E-state index is 0.0459. The van der Waals surface area contributed by atoms with Gasteiger partial charge < -0.3 is 15.0 Å². The van der Waals surface area contributed by atoms with E-state index in [1.165, 1.54) is 18.5 Å². The number of halogens is 3. The highest BCUT2D eigenvalue weighted by atomic mass is 19.4. The van der Waals surface area contributed by atoms with E-state index in [2.05, 4.69) is 15.0 Å². The lowest BCUT2D eigenvalue weighted by molar-refractivity contribution is -0.139. The number of imidazole rings is 1. The van der Waals surface area contributed by atoms with Crippen molar-refractivity contribution in [3.05, 3.63) is 41.9 Å². The van der Waals surface area contributed by atoms with Crippen LogP contribution in [-0.2, 0) is 18.0 Å². The number of likely N-dealkylation sites (tertiary alicyclic amines) is 1. The van der Waals surface area contributed by atoms with Crippen LogP contribution in [0.3, 0.4) is 0 Å². The number of piperidine rings is 1. The highest BCUT2D eigenvalue weighted by Gasteiger charge is 2.35. The number of amides is 1. The molecule has 4 rings (SSSR count). The molecule has 0 aliphatic carbocycles. The number of nitrogens with two attached hydrogens (primary N) is 1. The molecular formula is C26H28F3N7O2. The first-order chi connectivity index (χ1) is 18.0. The van der Waals surface area contributed by atoms with Crippen LogP contribution in [0.15, 0.2) is 35.6 Å². The predicted molar refractivity (Wildman–Crippen MR) is 135 cm³/mol. The molecule has 12 heteroatoms. The van der Waals surface area contributed by atoms with Crippen molar-refractivity contribution in [3.8, 4) is 23.1 Å². The molecule has 3 heterocycles. The van der Waals surface area contributed by atoms with Gasteiger partial charge >= 0.3 is 6.18 Å². The molecule has 0 radical (unpaired) electrons. The fourth-order valence-corrected chi connectivity index (χ4v) is 4.58. The SMILES string of the molecule is CC(N)=NC(=O)CN1CCC(CCOc2ccc(-c3cc4c(ncn4C)c(C#N)n3)cc2C(F)(F)F)CC1. The highest BCUT2D eigenvalue weighted by molar-refractivity contribution is 5.93. The molecule has 0 saturated carbocycles. The molecule has 1 saturated heterocycles. The number of carbonyl (C=O) groups excluding carboxylic acids is 1. The molecule has 38 heavy (non-hydrogen) atoms. The molecule has 3 aromatic rings. The van der Waals surface area contributed by atoms with E-state index in [9.17, 15) is 23.2 Å². The summed E-state index contributed by atoms with van der Waals surface area (Å²) in [5.41, 5.74) is 6.04. The fourth-order valence-electron chi connectivity index (χ4n) is 4.58. The Bertz CT molecular complexity index is 1400. The number of amidine groups is 1. The number of hydrogen-bond donors (Lipinski definition) is 1. The molecule has 2 aromatic heterocycles. The average Bonchev–Trinajstić information content (AvgIpc) is 3.24. The van der Waals surface area contributed by atoms with Crippen LogP contribution >= 0.6 is 0 Å². The number of aliphatic imine (C=N–C) groups is 1. The number of nitrogens with zero attached hydrogens (tertiary/aromatic N) is 6. The summed E-state index contributed by atoms with van der Waals surface area (Å²) < 4.78 is 49.1. The maximum atomic E-state index is 13.9. The summed E-state index contributed by atoms with van der Waals surface area (Å²) >= 11 is 0. The molecule has 0 spiro atoms. The van der Waals surface area contributed by atoms with Crippen LogP contribution in [0.5, 0.6) is 5.75 Å². The Balaban J connectivity index is 1.42. The standard InChI is InChI=1S/C26H28F3N7O2/c1-16(31)33-24(37)14-36-8-5-17(6-9-36)7-10-38-23-4-3-18(11-19(23)26(27,28)29)20-12-22-25(21(13-30)34-20)32-15-35(22)2/h3-4,11-12,15,17H,5-10,14H2,1-2H3,(H2,31,33,37). The summed E-state index contributed by atoms with van der Waals surface area (Å²) in [5.74, 6) is -0.0181. The summed E-state index contributed by atoms with van der Waals surface area (Å²) in [4.78, 5) is 25.9. The maximum absolute atomic E-state index is 13.9. The van der Waals surface area contributed by atoms with Crippen molar-refractivity contribution in [1.82, 2.24) is 19.4 Å². The molecule has 1 aromatic carbocycles. The Morgan fingerprint density at radius 1 is 1.29 bits per heavy atom. The summed E-state index contributed by atoms with van der Waals surface area (Å²) in [7, 11) is 1.74. The van der Waals surface area contributed by atoms with E-state index in [0.717, 1.165) is 18.9 Å². The minimum atomic E-state index is -4.64. The molecule has 1 aliphatic heterocycles. The number of alkyl halides is 3. The second-order valence-electron chi connectivity index (χ2n) is 9.40. The summed E-state index contributed by atoms with van der Waals surface area (Å²) in [5, 5.41) is 9.44. The molecule has 0 atom stereocenters. The number of benzene rings is 1. The topological polar surface area (TPSA) is 122 Å². The second kappa shape index (κ2) is 11.2. The molecule has 2 N–H and O–H groups in total. The molecule has 1 amide bonds. The van der Waals surface area contributed by atoms with E-state index in [1.54, 1.807) is 24.6 Å². The van der Waals surface area contributed by atoms with Crippen LogP contribution in [0, 0.1) is 17.2 Å². The number of aryl methyl sites for hydroxylation is 1. The lowest BCUT2D eigenvalue weighted by atomic mass is 9.94. The summed E-state index contributed by atoms with van der Waals surface area (Å²) in [6, 6.07) is 7.39. The molecule has 200 valence electrons. The first-order valence-corrected chi connectivity index (χ1v) is 12.2. The van der Waals surface area contributed by atoms with Crippen molar-refractivity contribution in [2.75, 3.05) is 26.2 Å². The number of nitriles is 1. The molecular weight excluding hydrogens is 499 g/mol. The minimum Gasteiger partial charge on any atom is -0.493 e. The number of pyridine rings is 1. The zero-order valence-corrected chi connectivity index (χ0v) is 21.1. The summed E-state index contributed by atoms with van der Waals surface area (Å²) in [6.45, 7) is 3.32. The van der Waals surface area contributed by atoms with Crippen LogP contribution in [0.25, 0.3) is 22.3 Å². The molecule has 0 bridgehead atoms. The third-order valence-electron chi connectivity index (χ3n) is 6.55. The van der Waals surface area contributed by atoms with Gasteiger partial charge in [0.05, 0.1) is 42.1 Å². The second-order valence-corrected chi connectivity index (χ2v) is 9.40. The highest BCUT2D eigenvalue weighted by Crippen LogP contribution is 2.39. The van der Waals surface area contributed by atoms with Crippen LogP contribution in [0.1, 0.15) is 37.4 Å². The lowest BCUT2D eigenvalue weighted by Gasteiger charge is -2.31. The van der Waals surface area contributed by atoms with Crippen LogP contribution < -0.4 is 10.5 Å². The van der Waals surface area contributed by atoms with Crippen molar-refractivity contribution < 1.29 is 22.7 Å². The van der Waals surface area contributed by atoms with Gasteiger partial charge in [0, 0.05) is 12.6 Å². The van der Waals surface area contributed by atoms with Crippen LogP contribution in [0.2, 0.25) is 0 Å². The van der Waals surface area contributed by atoms with Crippen molar-refractivity contribution >= 4 is 22.8 Å². The first-order valence-electron chi connectivity index (χ1n) is 12.2. The first kappa shape index (κ1) is 27.1. The van der Waals surface area contributed by atoms with Gasteiger partial charge in [0.15, 0.2) is 5.69 Å². The van der Waals surface area contributed by atoms with Crippen LogP contribution in [-0.4, -0.2) is 57.4 Å². The quantitative estimate of drug-likeness (QED) is 0.365.